The normalized spacial score (nSPS) is 18.6. The van der Waals surface area contributed by atoms with Crippen molar-refractivity contribution in [1.29, 1.82) is 0 Å². The molecule has 1 nitrogen and oxygen atoms in total. The Hall–Kier alpha value is -6.31. The average molecular weight is 634 g/mol. The number of benzene rings is 7. The smallest absolute Gasteiger partial charge is 0.0726 e. The summed E-state index contributed by atoms with van der Waals surface area (Å²) in [5.74, 6) is 0. The highest BCUT2D eigenvalue weighted by Crippen LogP contribution is 2.69. The van der Waals surface area contributed by atoms with Gasteiger partial charge in [-0.1, -0.05) is 164 Å². The summed E-state index contributed by atoms with van der Waals surface area (Å²) in [6.07, 6.45) is 3.72. The van der Waals surface area contributed by atoms with Gasteiger partial charge < -0.3 is 0 Å². The Labute approximate surface area is 292 Å². The zero-order valence-corrected chi connectivity index (χ0v) is 27.3. The van der Waals surface area contributed by atoms with Crippen LogP contribution in [0.2, 0.25) is 0 Å². The summed E-state index contributed by atoms with van der Waals surface area (Å²) in [6, 6.07) is 66.1. The van der Waals surface area contributed by atoms with Gasteiger partial charge in [-0.3, -0.25) is 4.98 Å². The Morgan fingerprint density at radius 1 is 0.280 bits per heavy atom. The molecule has 50 heavy (non-hydrogen) atoms. The molecule has 0 bridgehead atoms. The lowest BCUT2D eigenvalue weighted by atomic mass is 9.52. The van der Waals surface area contributed by atoms with Crippen molar-refractivity contribution in [3.63, 3.8) is 0 Å². The first-order chi connectivity index (χ1) is 24.8. The number of fused-ring (bicyclic) bond motifs is 12. The molecule has 0 radical (unpaired) electrons. The molecule has 1 spiro atoms. The van der Waals surface area contributed by atoms with Gasteiger partial charge in [0.05, 0.1) is 10.8 Å². The summed E-state index contributed by atoms with van der Waals surface area (Å²) in [7, 11) is 0. The van der Waals surface area contributed by atoms with Crippen LogP contribution >= 0.6 is 0 Å². The Kier molecular flexibility index (Phi) is 5.58. The van der Waals surface area contributed by atoms with E-state index in [1.54, 1.807) is 0 Å². The molecule has 7 aromatic carbocycles. The highest BCUT2D eigenvalue weighted by atomic mass is 14.6. The van der Waals surface area contributed by atoms with E-state index in [2.05, 4.69) is 181 Å². The first-order valence-electron chi connectivity index (χ1n) is 17.5. The SMILES string of the molecule is c1ccc(C23c4ccccc4-c4cccc(c42)C2(c4ccccc4-c4cccc(-c5ccc(-c6ccncc6)cc5)c42)c2ccccc23)cc1. The topological polar surface area (TPSA) is 12.9 Å². The molecule has 1 heteroatoms. The van der Waals surface area contributed by atoms with E-state index < -0.39 is 10.8 Å². The predicted molar refractivity (Wildman–Crippen MR) is 203 cm³/mol. The molecular weight excluding hydrogens is 603 g/mol. The van der Waals surface area contributed by atoms with E-state index in [4.69, 9.17) is 0 Å². The van der Waals surface area contributed by atoms with E-state index in [1.807, 2.05) is 12.4 Å². The lowest BCUT2D eigenvalue weighted by Gasteiger charge is -2.48. The van der Waals surface area contributed by atoms with Crippen LogP contribution in [0.1, 0.15) is 44.5 Å². The van der Waals surface area contributed by atoms with Gasteiger partial charge in [-0.15, -0.1) is 0 Å². The molecule has 2 atom stereocenters. The van der Waals surface area contributed by atoms with Crippen LogP contribution in [0.3, 0.4) is 0 Å². The molecule has 0 saturated heterocycles. The van der Waals surface area contributed by atoms with Crippen molar-refractivity contribution < 1.29 is 0 Å². The van der Waals surface area contributed by atoms with Crippen molar-refractivity contribution in [3.8, 4) is 44.5 Å². The Morgan fingerprint density at radius 2 is 0.740 bits per heavy atom. The van der Waals surface area contributed by atoms with Crippen molar-refractivity contribution in [2.45, 2.75) is 10.8 Å². The minimum atomic E-state index is -0.519. The maximum Gasteiger partial charge on any atom is 0.0726 e. The molecule has 1 heterocycles. The molecule has 8 aromatic rings. The van der Waals surface area contributed by atoms with Gasteiger partial charge in [0.1, 0.15) is 0 Å². The quantitative estimate of drug-likeness (QED) is 0.189. The molecule has 11 rings (SSSR count). The summed E-state index contributed by atoms with van der Waals surface area (Å²) in [6.45, 7) is 0. The van der Waals surface area contributed by atoms with Crippen LogP contribution in [0.25, 0.3) is 44.5 Å². The fourth-order valence-corrected chi connectivity index (χ4v) is 9.93. The molecular formula is C49H31N. The second kappa shape index (κ2) is 10.1. The van der Waals surface area contributed by atoms with Crippen molar-refractivity contribution >= 4 is 0 Å². The number of nitrogens with zero attached hydrogens (tertiary/aromatic N) is 1. The van der Waals surface area contributed by atoms with Gasteiger partial charge in [0, 0.05) is 12.4 Å². The molecule has 0 N–H and O–H groups in total. The third-order valence-electron chi connectivity index (χ3n) is 11.7. The van der Waals surface area contributed by atoms with Gasteiger partial charge >= 0.3 is 0 Å². The molecule has 2 unspecified atom stereocenters. The summed E-state index contributed by atoms with van der Waals surface area (Å²) in [5.41, 5.74) is 20.1. The third-order valence-corrected chi connectivity index (χ3v) is 11.7. The molecule has 3 aliphatic rings. The van der Waals surface area contributed by atoms with Crippen molar-refractivity contribution in [1.82, 2.24) is 4.98 Å². The van der Waals surface area contributed by atoms with Crippen LogP contribution in [-0.2, 0) is 10.8 Å². The minimum Gasteiger partial charge on any atom is -0.265 e. The van der Waals surface area contributed by atoms with Crippen molar-refractivity contribution in [2.24, 2.45) is 0 Å². The second-order valence-corrected chi connectivity index (χ2v) is 13.8. The molecule has 0 aliphatic heterocycles. The lowest BCUT2D eigenvalue weighted by Crippen LogP contribution is -2.43. The van der Waals surface area contributed by atoms with Crippen LogP contribution < -0.4 is 0 Å². The van der Waals surface area contributed by atoms with Gasteiger partial charge in [0.15, 0.2) is 0 Å². The number of hydrogen-bond acceptors (Lipinski definition) is 1. The molecule has 0 amide bonds. The molecule has 3 aliphatic carbocycles. The summed E-state index contributed by atoms with van der Waals surface area (Å²) >= 11 is 0. The van der Waals surface area contributed by atoms with Crippen LogP contribution in [0.5, 0.6) is 0 Å². The highest BCUT2D eigenvalue weighted by molar-refractivity contribution is 5.98. The summed E-state index contributed by atoms with van der Waals surface area (Å²) in [4.78, 5) is 4.23. The number of hydrogen-bond donors (Lipinski definition) is 0. The van der Waals surface area contributed by atoms with Gasteiger partial charge in [-0.05, 0) is 101 Å². The molecule has 0 saturated carbocycles. The van der Waals surface area contributed by atoms with Gasteiger partial charge in [-0.2, -0.15) is 0 Å². The standard InChI is InChI=1S/C49H31N/c1-2-12-35(13-3-1)48-41-19-6-4-15-38(41)40-18-11-23-45(47(40)48)49(44-22-9-8-21-43(44)48)42-20-7-5-14-37(42)39-17-10-16-36(46(39)49)34-26-24-32(25-27-34)33-28-30-50-31-29-33/h1-31H. The van der Waals surface area contributed by atoms with E-state index in [0.29, 0.717) is 0 Å². The molecule has 232 valence electrons. The maximum absolute atomic E-state index is 4.23. The van der Waals surface area contributed by atoms with Gasteiger partial charge in [0.2, 0.25) is 0 Å². The number of pyridine rings is 1. The van der Waals surface area contributed by atoms with Gasteiger partial charge in [0.25, 0.3) is 0 Å². The maximum atomic E-state index is 4.23. The molecule has 0 fully saturated rings. The Morgan fingerprint density at radius 3 is 1.44 bits per heavy atom. The fourth-order valence-electron chi connectivity index (χ4n) is 9.93. The van der Waals surface area contributed by atoms with Crippen molar-refractivity contribution in [3.05, 3.63) is 233 Å². The fraction of sp³-hybridized carbons (Fsp3) is 0.0408. The van der Waals surface area contributed by atoms with Crippen LogP contribution in [0.4, 0.5) is 0 Å². The van der Waals surface area contributed by atoms with E-state index >= 15 is 0 Å². The van der Waals surface area contributed by atoms with Crippen LogP contribution in [0, 0.1) is 0 Å². The van der Waals surface area contributed by atoms with E-state index in [0.717, 1.165) is 0 Å². The van der Waals surface area contributed by atoms with Crippen LogP contribution in [-0.4, -0.2) is 4.98 Å². The third kappa shape index (κ3) is 3.30. The van der Waals surface area contributed by atoms with E-state index in [9.17, 15) is 0 Å². The zero-order valence-electron chi connectivity index (χ0n) is 27.3. The second-order valence-electron chi connectivity index (χ2n) is 13.8. The molecule has 1 aromatic heterocycles. The minimum absolute atomic E-state index is 0.440. The van der Waals surface area contributed by atoms with Gasteiger partial charge in [-0.25, -0.2) is 0 Å². The Balaban J connectivity index is 1.29. The van der Waals surface area contributed by atoms with E-state index in [-0.39, 0.29) is 0 Å². The van der Waals surface area contributed by atoms with Crippen LogP contribution in [0.15, 0.2) is 188 Å². The predicted octanol–water partition coefficient (Wildman–Crippen LogP) is 11.5. The monoisotopic (exact) mass is 633 g/mol. The Bertz CT molecular complexity index is 2640. The lowest BCUT2D eigenvalue weighted by molar-refractivity contribution is 0.637. The van der Waals surface area contributed by atoms with Crippen molar-refractivity contribution in [2.75, 3.05) is 0 Å². The summed E-state index contributed by atoms with van der Waals surface area (Å²) < 4.78 is 0. The number of aromatic nitrogens is 1. The first-order valence-corrected chi connectivity index (χ1v) is 17.5. The van der Waals surface area contributed by atoms with E-state index in [1.165, 1.54) is 89.0 Å². The average Bonchev–Trinajstić information content (AvgIpc) is 3.68. The number of rotatable bonds is 3. The summed E-state index contributed by atoms with van der Waals surface area (Å²) in [5, 5.41) is 0. The first kappa shape index (κ1) is 27.6. The zero-order chi connectivity index (χ0) is 32.9. The largest absolute Gasteiger partial charge is 0.265 e. The highest BCUT2D eigenvalue weighted by Gasteiger charge is 2.60.